The lowest BCUT2D eigenvalue weighted by Gasteiger charge is -2.25. The Labute approximate surface area is 179 Å². The van der Waals surface area contributed by atoms with Crippen LogP contribution in [0.1, 0.15) is 30.7 Å². The largest absolute Gasteiger partial charge is 0.488 e. The minimum absolute atomic E-state index is 0.00945. The summed E-state index contributed by atoms with van der Waals surface area (Å²) in [5, 5.41) is 23.8. The molecule has 1 aliphatic heterocycles. The van der Waals surface area contributed by atoms with E-state index < -0.39 is 5.60 Å². The third-order valence-electron chi connectivity index (χ3n) is 5.38. The minimum atomic E-state index is -0.801. The standard InChI is InChI=1S/C22H25ClN2O3S/c1-12-6-13(23)7-17(16-4-5-24-18-9-15(11-26)29-21(16)18)20(12)28-14-8-19(25-10-14)22(2,3)27/h4-7,9,14,19,25-27H,8,10-11H2,1-3H3/t14-,19?/m0/s1. The molecule has 3 heterocycles. The van der Waals surface area contributed by atoms with Gasteiger partial charge in [-0.25, -0.2) is 0 Å². The van der Waals surface area contributed by atoms with Crippen LogP contribution >= 0.6 is 22.9 Å². The van der Waals surface area contributed by atoms with E-state index in [0.29, 0.717) is 11.6 Å². The molecule has 154 valence electrons. The minimum Gasteiger partial charge on any atom is -0.488 e. The van der Waals surface area contributed by atoms with E-state index in [4.69, 9.17) is 16.3 Å². The molecule has 0 spiro atoms. The number of benzene rings is 1. The van der Waals surface area contributed by atoms with Crippen LogP contribution in [0.2, 0.25) is 5.02 Å². The molecule has 0 amide bonds. The smallest absolute Gasteiger partial charge is 0.130 e. The van der Waals surface area contributed by atoms with Crippen LogP contribution in [0.25, 0.3) is 21.3 Å². The van der Waals surface area contributed by atoms with Crippen molar-refractivity contribution < 1.29 is 14.9 Å². The summed E-state index contributed by atoms with van der Waals surface area (Å²) in [5.74, 6) is 0.795. The summed E-state index contributed by atoms with van der Waals surface area (Å²) in [5.41, 5.74) is 2.92. The number of aliphatic hydroxyl groups excluding tert-OH is 1. The molecular weight excluding hydrogens is 408 g/mol. The zero-order valence-corrected chi connectivity index (χ0v) is 18.3. The number of hydrogen-bond acceptors (Lipinski definition) is 6. The van der Waals surface area contributed by atoms with Crippen molar-refractivity contribution in [1.29, 1.82) is 0 Å². The molecule has 7 heteroatoms. The number of thiophene rings is 1. The fourth-order valence-corrected chi connectivity index (χ4v) is 5.14. The number of halogens is 1. The van der Waals surface area contributed by atoms with Crippen LogP contribution in [0.5, 0.6) is 5.75 Å². The highest BCUT2D eigenvalue weighted by atomic mass is 35.5. The van der Waals surface area contributed by atoms with Gasteiger partial charge in [0.05, 0.1) is 22.4 Å². The summed E-state index contributed by atoms with van der Waals surface area (Å²) in [7, 11) is 0. The molecule has 0 aliphatic carbocycles. The van der Waals surface area contributed by atoms with Crippen molar-refractivity contribution in [2.75, 3.05) is 6.54 Å². The molecule has 3 aromatic rings. The lowest BCUT2D eigenvalue weighted by atomic mass is 9.97. The monoisotopic (exact) mass is 432 g/mol. The van der Waals surface area contributed by atoms with E-state index in [0.717, 1.165) is 44.0 Å². The topological polar surface area (TPSA) is 74.6 Å². The zero-order valence-electron chi connectivity index (χ0n) is 16.7. The van der Waals surface area contributed by atoms with Crippen molar-refractivity contribution in [3.63, 3.8) is 0 Å². The van der Waals surface area contributed by atoms with Gasteiger partial charge in [0.25, 0.3) is 0 Å². The molecule has 0 saturated carbocycles. The first-order valence-electron chi connectivity index (χ1n) is 9.67. The lowest BCUT2D eigenvalue weighted by Crippen LogP contribution is -2.42. The molecule has 1 aliphatic rings. The summed E-state index contributed by atoms with van der Waals surface area (Å²) in [6.45, 7) is 6.29. The Bertz CT molecular complexity index is 1040. The second-order valence-electron chi connectivity index (χ2n) is 8.13. The van der Waals surface area contributed by atoms with Crippen molar-refractivity contribution in [1.82, 2.24) is 10.3 Å². The van der Waals surface area contributed by atoms with E-state index in [1.807, 2.05) is 45.0 Å². The van der Waals surface area contributed by atoms with Gasteiger partial charge in [0.1, 0.15) is 11.9 Å². The summed E-state index contributed by atoms with van der Waals surface area (Å²) in [4.78, 5) is 5.31. The maximum Gasteiger partial charge on any atom is 0.130 e. The Kier molecular flexibility index (Phi) is 5.57. The van der Waals surface area contributed by atoms with Crippen LogP contribution in [0.3, 0.4) is 0 Å². The molecule has 2 aromatic heterocycles. The average Bonchev–Trinajstić information content (AvgIpc) is 3.29. The summed E-state index contributed by atoms with van der Waals surface area (Å²) in [6, 6.07) is 7.69. The number of aryl methyl sites for hydroxylation is 1. The van der Waals surface area contributed by atoms with Crippen LogP contribution in [0.15, 0.2) is 30.5 Å². The predicted octanol–water partition coefficient (Wildman–Crippen LogP) is 4.30. The van der Waals surface area contributed by atoms with Gasteiger partial charge in [-0.15, -0.1) is 11.3 Å². The normalized spacial score (nSPS) is 19.8. The van der Waals surface area contributed by atoms with E-state index in [1.165, 1.54) is 11.3 Å². The van der Waals surface area contributed by atoms with Gasteiger partial charge < -0.3 is 20.3 Å². The molecule has 1 fully saturated rings. The number of rotatable bonds is 5. The lowest BCUT2D eigenvalue weighted by molar-refractivity contribution is 0.0412. The maximum absolute atomic E-state index is 10.3. The summed E-state index contributed by atoms with van der Waals surface area (Å²) < 4.78 is 7.46. The van der Waals surface area contributed by atoms with E-state index in [9.17, 15) is 10.2 Å². The first-order valence-corrected chi connectivity index (χ1v) is 10.9. The Balaban J connectivity index is 1.75. The van der Waals surface area contributed by atoms with Crippen molar-refractivity contribution >= 4 is 33.2 Å². The SMILES string of the molecule is Cc1cc(Cl)cc(-c2ccnc3cc(CO)sc23)c1O[C@@H]1CNC(C(C)(C)O)C1. The quantitative estimate of drug-likeness (QED) is 0.560. The first-order chi connectivity index (χ1) is 13.8. The summed E-state index contributed by atoms with van der Waals surface area (Å²) in [6.07, 6.45) is 2.45. The molecule has 0 radical (unpaired) electrons. The van der Waals surface area contributed by atoms with Crippen molar-refractivity contribution in [2.24, 2.45) is 0 Å². The van der Waals surface area contributed by atoms with Crippen molar-refractivity contribution in [3.8, 4) is 16.9 Å². The van der Waals surface area contributed by atoms with Gasteiger partial charge in [0.15, 0.2) is 0 Å². The van der Waals surface area contributed by atoms with E-state index in [-0.39, 0.29) is 18.8 Å². The Morgan fingerprint density at radius 3 is 2.79 bits per heavy atom. The van der Waals surface area contributed by atoms with Gasteiger partial charge in [-0.05, 0) is 50.6 Å². The Morgan fingerprint density at radius 2 is 2.10 bits per heavy atom. The molecule has 4 rings (SSSR count). The third kappa shape index (κ3) is 4.13. The molecular formula is C22H25ClN2O3S. The van der Waals surface area contributed by atoms with Crippen molar-refractivity contribution in [2.45, 2.75) is 51.5 Å². The predicted molar refractivity (Wildman–Crippen MR) is 118 cm³/mol. The van der Waals surface area contributed by atoms with E-state index in [1.54, 1.807) is 6.20 Å². The number of aliphatic hydroxyl groups is 2. The van der Waals surface area contributed by atoms with Crippen LogP contribution in [-0.4, -0.2) is 39.5 Å². The number of nitrogens with one attached hydrogen (secondary N) is 1. The molecule has 2 atom stereocenters. The highest BCUT2D eigenvalue weighted by molar-refractivity contribution is 7.19. The van der Waals surface area contributed by atoms with E-state index in [2.05, 4.69) is 10.3 Å². The molecule has 1 aromatic carbocycles. The highest BCUT2D eigenvalue weighted by Gasteiger charge is 2.35. The molecule has 1 saturated heterocycles. The fraction of sp³-hybridized carbons (Fsp3) is 0.409. The first kappa shape index (κ1) is 20.6. The zero-order chi connectivity index (χ0) is 20.8. The number of hydrogen-bond donors (Lipinski definition) is 3. The van der Waals surface area contributed by atoms with Gasteiger partial charge >= 0.3 is 0 Å². The van der Waals surface area contributed by atoms with Crippen molar-refractivity contribution in [3.05, 3.63) is 45.9 Å². The van der Waals surface area contributed by atoms with Crippen LogP contribution in [0.4, 0.5) is 0 Å². The second kappa shape index (κ2) is 7.85. The van der Waals surface area contributed by atoms with Gasteiger partial charge in [-0.3, -0.25) is 4.98 Å². The van der Waals surface area contributed by atoms with Gasteiger partial charge in [0.2, 0.25) is 0 Å². The number of aromatic nitrogens is 1. The van der Waals surface area contributed by atoms with Crippen LogP contribution in [0, 0.1) is 6.92 Å². The average molecular weight is 433 g/mol. The highest BCUT2D eigenvalue weighted by Crippen LogP contribution is 2.42. The molecule has 3 N–H and O–H groups in total. The van der Waals surface area contributed by atoms with E-state index >= 15 is 0 Å². The number of fused-ring (bicyclic) bond motifs is 1. The van der Waals surface area contributed by atoms with Crippen LogP contribution in [-0.2, 0) is 6.61 Å². The number of pyridine rings is 1. The number of ether oxygens (including phenoxy) is 1. The molecule has 0 bridgehead atoms. The van der Waals surface area contributed by atoms with Gasteiger partial charge in [0, 0.05) is 46.2 Å². The van der Waals surface area contributed by atoms with Gasteiger partial charge in [-0.2, -0.15) is 0 Å². The maximum atomic E-state index is 10.3. The number of nitrogens with zero attached hydrogens (tertiary/aromatic N) is 1. The third-order valence-corrected chi connectivity index (χ3v) is 6.74. The molecule has 1 unspecified atom stereocenters. The Hall–Kier alpha value is -1.70. The van der Waals surface area contributed by atoms with Gasteiger partial charge in [-0.1, -0.05) is 11.6 Å². The fourth-order valence-electron chi connectivity index (χ4n) is 3.86. The molecule has 29 heavy (non-hydrogen) atoms. The Morgan fingerprint density at radius 1 is 1.31 bits per heavy atom. The summed E-state index contributed by atoms with van der Waals surface area (Å²) >= 11 is 7.93. The molecule has 5 nitrogen and oxygen atoms in total. The second-order valence-corrected chi connectivity index (χ2v) is 9.71. The van der Waals surface area contributed by atoms with Crippen LogP contribution < -0.4 is 10.1 Å².